The van der Waals surface area contributed by atoms with Crippen LogP contribution in [0.5, 0.6) is 5.75 Å². The summed E-state index contributed by atoms with van der Waals surface area (Å²) in [6, 6.07) is 11.3. The van der Waals surface area contributed by atoms with Gasteiger partial charge in [-0.2, -0.15) is 0 Å². The van der Waals surface area contributed by atoms with Crippen molar-refractivity contribution in [3.8, 4) is 5.75 Å². The van der Waals surface area contributed by atoms with Crippen LogP contribution in [0.25, 0.3) is 0 Å². The molecule has 2 aromatic carbocycles. The van der Waals surface area contributed by atoms with E-state index in [1.54, 1.807) is 11.8 Å². The summed E-state index contributed by atoms with van der Waals surface area (Å²) in [6.45, 7) is 16.1. The van der Waals surface area contributed by atoms with Crippen LogP contribution in [0.1, 0.15) is 56.4 Å². The van der Waals surface area contributed by atoms with E-state index < -0.39 is 12.1 Å². The van der Waals surface area contributed by atoms with Gasteiger partial charge in [-0.05, 0) is 68.4 Å². The summed E-state index contributed by atoms with van der Waals surface area (Å²) < 4.78 is 11.2. The Morgan fingerprint density at radius 1 is 1.03 bits per heavy atom. The Kier molecular flexibility index (Phi) is 10.8. The number of aryl methyl sites for hydroxylation is 3. The SMILES string of the molecule is CCOC(Cc1ccc(OCCN(CCC(C)(C)C)C(=O)Nc2c(C)cc(C)cc2C)cc1)C(=O)O. The number of hydrogen-bond acceptors (Lipinski definition) is 4. The number of nitrogens with zero attached hydrogens (tertiary/aromatic N) is 1. The first-order chi connectivity index (χ1) is 16.9. The number of hydrogen-bond donors (Lipinski definition) is 2. The van der Waals surface area contributed by atoms with E-state index in [0.717, 1.165) is 28.8 Å². The molecule has 0 saturated carbocycles. The van der Waals surface area contributed by atoms with Crippen molar-refractivity contribution in [2.45, 2.75) is 67.4 Å². The molecule has 0 heterocycles. The molecule has 1 atom stereocenters. The second-order valence-electron chi connectivity index (χ2n) is 10.5. The number of anilines is 1. The number of aliphatic carboxylic acids is 1. The molecule has 2 N–H and O–H groups in total. The van der Waals surface area contributed by atoms with Gasteiger partial charge in [0.05, 0.1) is 6.54 Å². The zero-order chi connectivity index (χ0) is 26.9. The molecule has 0 aromatic heterocycles. The first-order valence-electron chi connectivity index (χ1n) is 12.6. The van der Waals surface area contributed by atoms with Crippen LogP contribution in [0.3, 0.4) is 0 Å². The summed E-state index contributed by atoms with van der Waals surface area (Å²) in [4.78, 5) is 26.3. The fourth-order valence-corrected chi connectivity index (χ4v) is 3.98. The number of ether oxygens (including phenoxy) is 2. The number of carboxylic acid groups (broad SMARTS) is 1. The molecule has 0 aliphatic heterocycles. The number of carbonyl (C=O) groups is 2. The maximum absolute atomic E-state index is 13.2. The minimum atomic E-state index is -0.971. The summed E-state index contributed by atoms with van der Waals surface area (Å²) in [5.74, 6) is -0.301. The van der Waals surface area contributed by atoms with Gasteiger partial charge in [0.2, 0.25) is 0 Å². The van der Waals surface area contributed by atoms with Crippen molar-refractivity contribution in [2.24, 2.45) is 5.41 Å². The van der Waals surface area contributed by atoms with E-state index in [0.29, 0.717) is 38.5 Å². The Labute approximate surface area is 215 Å². The van der Waals surface area contributed by atoms with Crippen molar-refractivity contribution in [3.63, 3.8) is 0 Å². The number of carboxylic acids is 1. The smallest absolute Gasteiger partial charge is 0.333 e. The number of urea groups is 1. The van der Waals surface area contributed by atoms with Crippen molar-refractivity contribution in [3.05, 3.63) is 58.7 Å². The number of carbonyl (C=O) groups excluding carboxylic acids is 1. The van der Waals surface area contributed by atoms with Gasteiger partial charge >= 0.3 is 12.0 Å². The minimum Gasteiger partial charge on any atom is -0.492 e. The molecule has 2 amide bonds. The Balaban J connectivity index is 2.01. The molecule has 0 radical (unpaired) electrons. The van der Waals surface area contributed by atoms with E-state index in [4.69, 9.17) is 9.47 Å². The predicted octanol–water partition coefficient (Wildman–Crippen LogP) is 5.99. The fraction of sp³-hybridized carbons (Fsp3) is 0.517. The van der Waals surface area contributed by atoms with Crippen molar-refractivity contribution in [1.29, 1.82) is 0 Å². The maximum atomic E-state index is 13.2. The topological polar surface area (TPSA) is 88.1 Å². The summed E-state index contributed by atoms with van der Waals surface area (Å²) in [5.41, 5.74) is 5.07. The van der Waals surface area contributed by atoms with Crippen LogP contribution in [0.4, 0.5) is 10.5 Å². The third-order valence-corrected chi connectivity index (χ3v) is 5.95. The van der Waals surface area contributed by atoms with Crippen molar-refractivity contribution in [1.82, 2.24) is 4.90 Å². The van der Waals surface area contributed by atoms with Gasteiger partial charge < -0.3 is 24.8 Å². The molecule has 0 aliphatic rings. The highest BCUT2D eigenvalue weighted by molar-refractivity contribution is 5.91. The number of amides is 2. The average molecular weight is 499 g/mol. The molecule has 7 nitrogen and oxygen atoms in total. The molecule has 0 spiro atoms. The summed E-state index contributed by atoms with van der Waals surface area (Å²) >= 11 is 0. The Bertz CT molecular complexity index is 988. The van der Waals surface area contributed by atoms with Gasteiger partial charge in [0.1, 0.15) is 12.4 Å². The molecule has 0 bridgehead atoms. The number of nitrogens with one attached hydrogen (secondary N) is 1. The summed E-state index contributed by atoms with van der Waals surface area (Å²) in [6.07, 6.45) is 0.297. The van der Waals surface area contributed by atoms with Gasteiger partial charge in [-0.15, -0.1) is 0 Å². The van der Waals surface area contributed by atoms with Gasteiger partial charge in [0.25, 0.3) is 0 Å². The first kappa shape index (κ1) is 29.2. The fourth-order valence-electron chi connectivity index (χ4n) is 3.98. The van der Waals surface area contributed by atoms with E-state index in [-0.39, 0.29) is 11.4 Å². The highest BCUT2D eigenvalue weighted by atomic mass is 16.5. The number of rotatable bonds is 12. The highest BCUT2D eigenvalue weighted by Crippen LogP contribution is 2.23. The van der Waals surface area contributed by atoms with Crippen LogP contribution < -0.4 is 10.1 Å². The molecule has 7 heteroatoms. The third-order valence-electron chi connectivity index (χ3n) is 5.95. The zero-order valence-electron chi connectivity index (χ0n) is 22.8. The lowest BCUT2D eigenvalue weighted by Gasteiger charge is -2.28. The predicted molar refractivity (Wildman–Crippen MR) is 144 cm³/mol. The third kappa shape index (κ3) is 9.53. The quantitative estimate of drug-likeness (QED) is 0.375. The minimum absolute atomic E-state index is 0.0974. The monoisotopic (exact) mass is 498 g/mol. The molecule has 1 unspecified atom stereocenters. The van der Waals surface area contributed by atoms with Crippen molar-refractivity contribution in [2.75, 3.05) is 31.6 Å². The normalized spacial score (nSPS) is 12.2. The van der Waals surface area contributed by atoms with E-state index in [1.165, 1.54) is 5.56 Å². The van der Waals surface area contributed by atoms with Crippen molar-refractivity contribution < 1.29 is 24.2 Å². The second kappa shape index (κ2) is 13.3. The maximum Gasteiger partial charge on any atom is 0.333 e. The van der Waals surface area contributed by atoms with E-state index in [1.807, 2.05) is 38.1 Å². The van der Waals surface area contributed by atoms with Gasteiger partial charge in [-0.1, -0.05) is 50.6 Å². The molecule has 36 heavy (non-hydrogen) atoms. The van der Waals surface area contributed by atoms with E-state index in [9.17, 15) is 14.7 Å². The first-order valence-corrected chi connectivity index (χ1v) is 12.6. The van der Waals surface area contributed by atoms with E-state index in [2.05, 4.69) is 45.1 Å². The molecular weight excluding hydrogens is 456 g/mol. The van der Waals surface area contributed by atoms with Crippen LogP contribution in [-0.2, 0) is 16.0 Å². The van der Waals surface area contributed by atoms with E-state index >= 15 is 0 Å². The van der Waals surface area contributed by atoms with Crippen LogP contribution in [0, 0.1) is 26.2 Å². The average Bonchev–Trinajstić information content (AvgIpc) is 2.78. The zero-order valence-corrected chi connectivity index (χ0v) is 22.8. The van der Waals surface area contributed by atoms with Crippen molar-refractivity contribution >= 4 is 17.7 Å². The number of benzene rings is 2. The Hall–Kier alpha value is -3.06. The molecule has 2 rings (SSSR count). The van der Waals surface area contributed by atoms with Gasteiger partial charge in [-0.25, -0.2) is 9.59 Å². The lowest BCUT2D eigenvalue weighted by Crippen LogP contribution is -2.40. The van der Waals surface area contributed by atoms with Gasteiger partial charge in [-0.3, -0.25) is 0 Å². The molecule has 198 valence electrons. The lowest BCUT2D eigenvalue weighted by molar-refractivity contribution is -0.149. The molecule has 0 fully saturated rings. The standard InChI is InChI=1S/C29H42N2O5/c1-8-35-25(27(32)33)19-23-9-11-24(12-10-23)36-16-15-31(14-13-29(5,6)7)28(34)30-26-21(3)17-20(2)18-22(26)4/h9-12,17-18,25H,8,13-16,19H2,1-7H3,(H,30,34)(H,32,33). The highest BCUT2D eigenvalue weighted by Gasteiger charge is 2.20. The summed E-state index contributed by atoms with van der Waals surface area (Å²) in [7, 11) is 0. The Morgan fingerprint density at radius 2 is 1.64 bits per heavy atom. The lowest BCUT2D eigenvalue weighted by atomic mass is 9.92. The molecule has 0 aliphatic carbocycles. The van der Waals surface area contributed by atoms with Crippen LogP contribution in [0.2, 0.25) is 0 Å². The molecule has 2 aromatic rings. The van der Waals surface area contributed by atoms with Crippen LogP contribution in [0.15, 0.2) is 36.4 Å². The Morgan fingerprint density at radius 3 is 2.17 bits per heavy atom. The second-order valence-corrected chi connectivity index (χ2v) is 10.5. The molecule has 0 saturated heterocycles. The van der Waals surface area contributed by atoms with Crippen LogP contribution >= 0.6 is 0 Å². The largest absolute Gasteiger partial charge is 0.492 e. The van der Waals surface area contributed by atoms with Gasteiger partial charge in [0, 0.05) is 25.3 Å². The molecular formula is C29H42N2O5. The van der Waals surface area contributed by atoms with Gasteiger partial charge in [0.15, 0.2) is 6.10 Å². The van der Waals surface area contributed by atoms with Crippen LogP contribution in [-0.4, -0.2) is 54.4 Å². The summed E-state index contributed by atoms with van der Waals surface area (Å²) in [5, 5.41) is 12.4.